The maximum Gasteiger partial charge on any atom is 0.252 e. The molecule has 2 aromatic rings. The van der Waals surface area contributed by atoms with Crippen LogP contribution in [0.5, 0.6) is 0 Å². The molecule has 0 radical (unpaired) electrons. The summed E-state index contributed by atoms with van der Waals surface area (Å²) in [6.45, 7) is 10.7. The number of aryl methyl sites for hydroxylation is 2. The summed E-state index contributed by atoms with van der Waals surface area (Å²) in [6.07, 6.45) is 2.52. The van der Waals surface area contributed by atoms with Crippen LogP contribution in [0.4, 0.5) is 0 Å². The van der Waals surface area contributed by atoms with Gasteiger partial charge in [-0.15, -0.1) is 0 Å². The summed E-state index contributed by atoms with van der Waals surface area (Å²) in [5.41, 5.74) is 2.90. The van der Waals surface area contributed by atoms with Gasteiger partial charge in [0.25, 0.3) is 5.78 Å². The molecule has 0 N–H and O–H groups in total. The van der Waals surface area contributed by atoms with E-state index in [2.05, 4.69) is 15.1 Å². The maximum absolute atomic E-state index is 12.8. The topological polar surface area (TPSA) is 83.7 Å². The summed E-state index contributed by atoms with van der Waals surface area (Å²) < 4.78 is 1.71. The van der Waals surface area contributed by atoms with Gasteiger partial charge in [0.15, 0.2) is 0 Å². The van der Waals surface area contributed by atoms with Crippen LogP contribution in [-0.4, -0.2) is 66.4 Å². The molecular weight excluding hydrogens is 332 g/mol. The third kappa shape index (κ3) is 3.15. The Morgan fingerprint density at radius 1 is 1.15 bits per heavy atom. The molecule has 2 aromatic heterocycles. The number of rotatable bonds is 3. The number of amides is 2. The minimum absolute atomic E-state index is 0.0123. The lowest BCUT2D eigenvalue weighted by atomic mass is 10.0. The first kappa shape index (κ1) is 18.3. The smallest absolute Gasteiger partial charge is 0.252 e. The zero-order valence-corrected chi connectivity index (χ0v) is 16.1. The van der Waals surface area contributed by atoms with Crippen LogP contribution in [0.3, 0.4) is 0 Å². The SMILES string of the molecule is CC(=O)N1CCN(C(=O)CCc2c(C)nc3ncnn3c2C)[C@@H](C)[C@H]1C. The molecule has 0 saturated carbocycles. The molecule has 1 aliphatic heterocycles. The lowest BCUT2D eigenvalue weighted by Gasteiger charge is -2.44. The average molecular weight is 358 g/mol. The molecule has 1 saturated heterocycles. The van der Waals surface area contributed by atoms with Crippen LogP contribution in [0, 0.1) is 13.8 Å². The Labute approximate surface area is 153 Å². The van der Waals surface area contributed by atoms with Crippen LogP contribution < -0.4 is 0 Å². The van der Waals surface area contributed by atoms with E-state index in [0.717, 1.165) is 17.0 Å². The Bertz CT molecular complexity index is 846. The number of hydrogen-bond acceptors (Lipinski definition) is 5. The number of carbonyl (C=O) groups excluding carboxylic acids is 2. The zero-order chi connectivity index (χ0) is 19.0. The van der Waals surface area contributed by atoms with Crippen molar-refractivity contribution < 1.29 is 9.59 Å². The standard InChI is InChI=1S/C18H26N6O2/c1-11-16(14(4)24-18(21-11)19-10-20-24)6-7-17(26)23-9-8-22(15(5)25)12(2)13(23)3/h10,12-13H,6-9H2,1-5H3/t12-,13+/m1/s1. The normalized spacial score (nSPS) is 20.7. The monoisotopic (exact) mass is 358 g/mol. The number of fused-ring (bicyclic) bond motifs is 1. The van der Waals surface area contributed by atoms with E-state index in [0.29, 0.717) is 31.7 Å². The van der Waals surface area contributed by atoms with Crippen LogP contribution in [0.2, 0.25) is 0 Å². The molecule has 2 atom stereocenters. The van der Waals surface area contributed by atoms with Crippen molar-refractivity contribution in [3.05, 3.63) is 23.3 Å². The van der Waals surface area contributed by atoms with Gasteiger partial charge >= 0.3 is 0 Å². The van der Waals surface area contributed by atoms with Crippen molar-refractivity contribution in [1.29, 1.82) is 0 Å². The van der Waals surface area contributed by atoms with Crippen LogP contribution in [0.1, 0.15) is 44.1 Å². The van der Waals surface area contributed by atoms with Gasteiger partial charge in [-0.05, 0) is 39.7 Å². The number of hydrogen-bond donors (Lipinski definition) is 0. The van der Waals surface area contributed by atoms with Crippen LogP contribution in [-0.2, 0) is 16.0 Å². The van der Waals surface area contributed by atoms with E-state index < -0.39 is 0 Å². The lowest BCUT2D eigenvalue weighted by Crippen LogP contribution is -2.60. The van der Waals surface area contributed by atoms with E-state index in [4.69, 9.17) is 0 Å². The summed E-state index contributed by atoms with van der Waals surface area (Å²) in [7, 11) is 0. The number of carbonyl (C=O) groups is 2. The fourth-order valence-electron chi connectivity index (χ4n) is 3.83. The highest BCUT2D eigenvalue weighted by Crippen LogP contribution is 2.20. The fraction of sp³-hybridized carbons (Fsp3) is 0.611. The molecule has 0 spiro atoms. The molecule has 0 aliphatic carbocycles. The Kier molecular flexibility index (Phi) is 4.93. The predicted octanol–water partition coefficient (Wildman–Crippen LogP) is 1.14. The summed E-state index contributed by atoms with van der Waals surface area (Å²) >= 11 is 0. The highest BCUT2D eigenvalue weighted by Gasteiger charge is 2.34. The van der Waals surface area contributed by atoms with Crippen LogP contribution >= 0.6 is 0 Å². The van der Waals surface area contributed by atoms with E-state index in [1.165, 1.54) is 6.33 Å². The van der Waals surface area contributed by atoms with E-state index >= 15 is 0 Å². The van der Waals surface area contributed by atoms with Crippen molar-refractivity contribution in [1.82, 2.24) is 29.4 Å². The van der Waals surface area contributed by atoms with E-state index in [9.17, 15) is 9.59 Å². The molecule has 1 fully saturated rings. The van der Waals surface area contributed by atoms with E-state index in [1.54, 1.807) is 11.4 Å². The molecule has 3 rings (SSSR count). The molecule has 26 heavy (non-hydrogen) atoms. The van der Waals surface area contributed by atoms with Crippen molar-refractivity contribution in [3.63, 3.8) is 0 Å². The van der Waals surface area contributed by atoms with Crippen molar-refractivity contribution in [2.45, 2.75) is 59.5 Å². The summed E-state index contributed by atoms with van der Waals surface area (Å²) in [5.74, 6) is 0.762. The van der Waals surface area contributed by atoms with Gasteiger partial charge in [0.05, 0.1) is 0 Å². The van der Waals surface area contributed by atoms with Gasteiger partial charge in [-0.1, -0.05) is 0 Å². The van der Waals surface area contributed by atoms with Gasteiger partial charge in [0.1, 0.15) is 6.33 Å². The Morgan fingerprint density at radius 3 is 2.50 bits per heavy atom. The summed E-state index contributed by atoms with van der Waals surface area (Å²) in [5, 5.41) is 4.19. The van der Waals surface area contributed by atoms with Gasteiger partial charge in [0, 0.05) is 49.9 Å². The molecule has 2 amide bonds. The minimum atomic E-state index is 0.0123. The minimum Gasteiger partial charge on any atom is -0.336 e. The molecular formula is C18H26N6O2. The van der Waals surface area contributed by atoms with Crippen LogP contribution in [0.25, 0.3) is 5.78 Å². The van der Waals surface area contributed by atoms with Crippen molar-refractivity contribution in [3.8, 4) is 0 Å². The Morgan fingerprint density at radius 2 is 1.81 bits per heavy atom. The first-order valence-electron chi connectivity index (χ1n) is 9.03. The second kappa shape index (κ2) is 7.01. The summed E-state index contributed by atoms with van der Waals surface area (Å²) in [6, 6.07) is 0.0418. The largest absolute Gasteiger partial charge is 0.336 e. The number of aromatic nitrogens is 4. The van der Waals surface area contributed by atoms with Crippen LogP contribution in [0.15, 0.2) is 6.33 Å². The van der Waals surface area contributed by atoms with Crippen molar-refractivity contribution in [2.75, 3.05) is 13.1 Å². The predicted molar refractivity (Wildman–Crippen MR) is 96.6 cm³/mol. The molecule has 0 bridgehead atoms. The first-order valence-corrected chi connectivity index (χ1v) is 9.03. The average Bonchev–Trinajstić information content (AvgIpc) is 3.05. The highest BCUT2D eigenvalue weighted by atomic mass is 16.2. The second-order valence-corrected chi connectivity index (χ2v) is 7.01. The third-order valence-corrected chi connectivity index (χ3v) is 5.57. The van der Waals surface area contributed by atoms with Gasteiger partial charge < -0.3 is 9.80 Å². The van der Waals surface area contributed by atoms with Gasteiger partial charge in [-0.3, -0.25) is 9.59 Å². The molecule has 0 unspecified atom stereocenters. The second-order valence-electron chi connectivity index (χ2n) is 7.01. The van der Waals surface area contributed by atoms with E-state index in [-0.39, 0.29) is 23.9 Å². The molecule has 0 aromatic carbocycles. The quantitative estimate of drug-likeness (QED) is 0.822. The van der Waals surface area contributed by atoms with E-state index in [1.807, 2.05) is 37.5 Å². The first-order chi connectivity index (χ1) is 12.3. The number of piperazine rings is 1. The zero-order valence-electron chi connectivity index (χ0n) is 16.1. The summed E-state index contributed by atoms with van der Waals surface area (Å²) in [4.78, 5) is 36.8. The fourth-order valence-corrected chi connectivity index (χ4v) is 3.83. The Balaban J connectivity index is 1.71. The molecule has 140 valence electrons. The van der Waals surface area contributed by atoms with Crippen molar-refractivity contribution in [2.24, 2.45) is 0 Å². The lowest BCUT2D eigenvalue weighted by molar-refractivity contribution is -0.145. The van der Waals surface area contributed by atoms with Gasteiger partial charge in [-0.25, -0.2) is 9.50 Å². The Hall–Kier alpha value is -2.51. The highest BCUT2D eigenvalue weighted by molar-refractivity contribution is 5.78. The van der Waals surface area contributed by atoms with Crippen molar-refractivity contribution >= 4 is 17.6 Å². The molecule has 8 nitrogen and oxygen atoms in total. The van der Waals surface area contributed by atoms with Gasteiger partial charge in [-0.2, -0.15) is 10.1 Å². The van der Waals surface area contributed by atoms with Gasteiger partial charge in [0.2, 0.25) is 11.8 Å². The molecule has 8 heteroatoms. The number of nitrogens with zero attached hydrogens (tertiary/aromatic N) is 6. The molecule has 1 aliphatic rings. The maximum atomic E-state index is 12.8. The molecule has 3 heterocycles. The third-order valence-electron chi connectivity index (χ3n) is 5.57.